The third kappa shape index (κ3) is 2.88. The second kappa shape index (κ2) is 6.68. The van der Waals surface area contributed by atoms with Crippen LogP contribution in [0, 0.1) is 11.8 Å². The lowest BCUT2D eigenvalue weighted by Gasteiger charge is -2.33. The molecule has 2 unspecified atom stereocenters. The highest BCUT2D eigenvalue weighted by Gasteiger charge is 2.36. The van der Waals surface area contributed by atoms with Gasteiger partial charge in [0.05, 0.1) is 5.69 Å². The highest BCUT2D eigenvalue weighted by molar-refractivity contribution is 5.82. The molecule has 1 aliphatic heterocycles. The molecule has 113 valence electrons. The number of allylic oxidation sites excluding steroid dienone is 2. The molecule has 0 aromatic heterocycles. The van der Waals surface area contributed by atoms with Crippen LogP contribution in [0.5, 0.6) is 0 Å². The summed E-state index contributed by atoms with van der Waals surface area (Å²) in [5.74, 6) is 1.58. The molecule has 1 heterocycles. The fourth-order valence-corrected chi connectivity index (χ4v) is 4.09. The first-order chi connectivity index (χ1) is 10.3. The standard InChI is InChI=1S/C20H28N/c1-3-5-9-15-13-14-18-17-11-7-8-12-19(17)21-20(18)16(15)10-6-4-2/h7-8,11-12,15-16H,3-6,9-10,13-14H2,1-2H3. The van der Waals surface area contributed by atoms with Crippen LogP contribution >= 0.6 is 0 Å². The minimum Gasteiger partial charge on any atom is -0.252 e. The van der Waals surface area contributed by atoms with Gasteiger partial charge in [-0.05, 0) is 43.2 Å². The molecule has 1 radical (unpaired) electrons. The van der Waals surface area contributed by atoms with Crippen LogP contribution in [-0.4, -0.2) is 0 Å². The summed E-state index contributed by atoms with van der Waals surface area (Å²) in [5, 5.41) is 5.05. The Morgan fingerprint density at radius 3 is 2.62 bits per heavy atom. The number of hydrogen-bond acceptors (Lipinski definition) is 0. The summed E-state index contributed by atoms with van der Waals surface area (Å²) in [7, 11) is 0. The summed E-state index contributed by atoms with van der Waals surface area (Å²) >= 11 is 0. The molecule has 1 aliphatic carbocycles. The SMILES string of the molecule is CCCCC1CCC2=C([N]c3ccccc32)C1CCCC. The van der Waals surface area contributed by atoms with Crippen LogP contribution < -0.4 is 5.32 Å². The van der Waals surface area contributed by atoms with E-state index in [1.54, 1.807) is 5.57 Å². The number of nitrogens with zero attached hydrogens (tertiary/aromatic N) is 1. The lowest BCUT2D eigenvalue weighted by Crippen LogP contribution is -2.24. The molecular weight excluding hydrogens is 254 g/mol. The molecular formula is C20H28N. The van der Waals surface area contributed by atoms with Gasteiger partial charge in [-0.25, -0.2) is 0 Å². The zero-order valence-electron chi connectivity index (χ0n) is 13.6. The molecule has 1 heteroatoms. The Hall–Kier alpha value is -1.24. The van der Waals surface area contributed by atoms with E-state index in [-0.39, 0.29) is 0 Å². The smallest absolute Gasteiger partial charge is 0.0708 e. The number of para-hydroxylation sites is 1. The third-order valence-corrected chi connectivity index (χ3v) is 5.26. The van der Waals surface area contributed by atoms with Gasteiger partial charge < -0.3 is 0 Å². The van der Waals surface area contributed by atoms with Gasteiger partial charge >= 0.3 is 0 Å². The van der Waals surface area contributed by atoms with E-state index in [0.29, 0.717) is 5.92 Å². The molecule has 0 saturated heterocycles. The maximum atomic E-state index is 5.05. The Kier molecular flexibility index (Phi) is 4.67. The lowest BCUT2D eigenvalue weighted by molar-refractivity contribution is 0.288. The maximum absolute atomic E-state index is 5.05. The van der Waals surface area contributed by atoms with Crippen LogP contribution in [0.25, 0.3) is 5.57 Å². The van der Waals surface area contributed by atoms with Crippen molar-refractivity contribution in [2.75, 3.05) is 0 Å². The zero-order chi connectivity index (χ0) is 14.7. The van der Waals surface area contributed by atoms with Crippen LogP contribution in [0.2, 0.25) is 0 Å². The molecule has 0 spiro atoms. The summed E-state index contributed by atoms with van der Waals surface area (Å²) in [5.41, 5.74) is 5.67. The van der Waals surface area contributed by atoms with Gasteiger partial charge in [0.1, 0.15) is 0 Å². The van der Waals surface area contributed by atoms with Gasteiger partial charge in [-0.2, -0.15) is 0 Å². The van der Waals surface area contributed by atoms with Crippen molar-refractivity contribution in [3.8, 4) is 0 Å². The van der Waals surface area contributed by atoms with Gasteiger partial charge in [-0.15, -0.1) is 0 Å². The van der Waals surface area contributed by atoms with Crippen molar-refractivity contribution < 1.29 is 0 Å². The number of benzene rings is 1. The van der Waals surface area contributed by atoms with Crippen LogP contribution in [0.4, 0.5) is 5.69 Å². The molecule has 3 rings (SSSR count). The van der Waals surface area contributed by atoms with E-state index >= 15 is 0 Å². The Balaban J connectivity index is 1.84. The molecule has 0 N–H and O–H groups in total. The van der Waals surface area contributed by atoms with Crippen molar-refractivity contribution in [3.05, 3.63) is 35.5 Å². The molecule has 1 nitrogen and oxygen atoms in total. The van der Waals surface area contributed by atoms with Gasteiger partial charge in [0.2, 0.25) is 0 Å². The minimum absolute atomic E-state index is 0.715. The number of fused-ring (bicyclic) bond motifs is 2. The summed E-state index contributed by atoms with van der Waals surface area (Å²) in [6, 6.07) is 8.74. The number of unbranched alkanes of at least 4 members (excludes halogenated alkanes) is 2. The van der Waals surface area contributed by atoms with Crippen molar-refractivity contribution >= 4 is 11.3 Å². The monoisotopic (exact) mass is 282 g/mol. The molecule has 0 amide bonds. The fourth-order valence-electron chi connectivity index (χ4n) is 4.09. The number of hydrogen-bond donors (Lipinski definition) is 0. The molecule has 1 aromatic rings. The highest BCUT2D eigenvalue weighted by Crippen LogP contribution is 2.49. The lowest BCUT2D eigenvalue weighted by atomic mass is 9.73. The van der Waals surface area contributed by atoms with E-state index in [1.807, 2.05) is 0 Å². The van der Waals surface area contributed by atoms with Crippen molar-refractivity contribution in [1.82, 2.24) is 5.32 Å². The van der Waals surface area contributed by atoms with Crippen molar-refractivity contribution in [2.24, 2.45) is 11.8 Å². The molecule has 1 aromatic carbocycles. The van der Waals surface area contributed by atoms with Gasteiger partial charge in [0, 0.05) is 17.2 Å². The highest BCUT2D eigenvalue weighted by atomic mass is 14.9. The van der Waals surface area contributed by atoms with Gasteiger partial charge in [0.25, 0.3) is 0 Å². The average Bonchev–Trinajstić information content (AvgIpc) is 2.90. The van der Waals surface area contributed by atoms with E-state index in [2.05, 4.69) is 38.1 Å². The maximum Gasteiger partial charge on any atom is 0.0708 e. The van der Waals surface area contributed by atoms with E-state index in [9.17, 15) is 0 Å². The topological polar surface area (TPSA) is 14.1 Å². The molecule has 2 aliphatic rings. The summed E-state index contributed by atoms with van der Waals surface area (Å²) in [4.78, 5) is 0. The second-order valence-electron chi connectivity index (χ2n) is 6.68. The van der Waals surface area contributed by atoms with E-state index in [1.165, 1.54) is 68.3 Å². The largest absolute Gasteiger partial charge is 0.252 e. The molecule has 0 bridgehead atoms. The number of rotatable bonds is 6. The van der Waals surface area contributed by atoms with E-state index < -0.39 is 0 Å². The second-order valence-corrected chi connectivity index (χ2v) is 6.68. The van der Waals surface area contributed by atoms with Gasteiger partial charge in [-0.3, -0.25) is 5.32 Å². The van der Waals surface area contributed by atoms with Crippen LogP contribution in [0.3, 0.4) is 0 Å². The Labute approximate surface area is 129 Å². The first kappa shape index (κ1) is 14.7. The van der Waals surface area contributed by atoms with Crippen molar-refractivity contribution in [1.29, 1.82) is 0 Å². The fraction of sp³-hybridized carbons (Fsp3) is 0.600. The third-order valence-electron chi connectivity index (χ3n) is 5.26. The predicted octanol–water partition coefficient (Wildman–Crippen LogP) is 6.05. The molecule has 0 fully saturated rings. The summed E-state index contributed by atoms with van der Waals surface area (Å²) in [6.07, 6.45) is 10.7. The normalized spacial score (nSPS) is 23.7. The van der Waals surface area contributed by atoms with Gasteiger partial charge in [-0.1, -0.05) is 57.7 Å². The predicted molar refractivity (Wildman–Crippen MR) is 90.4 cm³/mol. The van der Waals surface area contributed by atoms with Crippen LogP contribution in [0.1, 0.15) is 70.8 Å². The summed E-state index contributed by atoms with van der Waals surface area (Å²) in [6.45, 7) is 4.62. The first-order valence-corrected chi connectivity index (χ1v) is 8.89. The molecule has 21 heavy (non-hydrogen) atoms. The Morgan fingerprint density at radius 2 is 1.81 bits per heavy atom. The van der Waals surface area contributed by atoms with Crippen molar-refractivity contribution in [2.45, 2.75) is 65.2 Å². The zero-order valence-corrected chi connectivity index (χ0v) is 13.6. The summed E-state index contributed by atoms with van der Waals surface area (Å²) < 4.78 is 0. The Bertz CT molecular complexity index is 514. The minimum atomic E-state index is 0.715. The quantitative estimate of drug-likeness (QED) is 0.602. The van der Waals surface area contributed by atoms with Crippen LogP contribution in [0.15, 0.2) is 30.0 Å². The van der Waals surface area contributed by atoms with Crippen molar-refractivity contribution in [3.63, 3.8) is 0 Å². The molecule has 0 saturated carbocycles. The average molecular weight is 282 g/mol. The molecule has 2 atom stereocenters. The van der Waals surface area contributed by atoms with Gasteiger partial charge in [0.15, 0.2) is 0 Å². The van der Waals surface area contributed by atoms with E-state index in [0.717, 1.165) is 5.92 Å². The Morgan fingerprint density at radius 1 is 1.05 bits per heavy atom. The first-order valence-electron chi connectivity index (χ1n) is 8.89. The van der Waals surface area contributed by atoms with E-state index in [4.69, 9.17) is 5.32 Å². The van der Waals surface area contributed by atoms with Crippen LogP contribution in [-0.2, 0) is 0 Å².